The number of amides is 2. The molecule has 2 amide bonds. The summed E-state index contributed by atoms with van der Waals surface area (Å²) >= 11 is 1.80. The SMILES string of the molecule is COc1cccc(NC(=O)N2CCCCC[C@@H]2c2ccc(C)s2)c1. The van der Waals surface area contributed by atoms with Crippen LogP contribution in [-0.4, -0.2) is 24.6 Å². The van der Waals surface area contributed by atoms with Gasteiger partial charge in [-0.3, -0.25) is 0 Å². The van der Waals surface area contributed by atoms with Gasteiger partial charge in [0.25, 0.3) is 0 Å². The van der Waals surface area contributed by atoms with Crippen molar-refractivity contribution in [3.05, 3.63) is 46.2 Å². The Balaban J connectivity index is 1.79. The molecule has 4 nitrogen and oxygen atoms in total. The van der Waals surface area contributed by atoms with Gasteiger partial charge in [-0.1, -0.05) is 18.9 Å². The lowest BCUT2D eigenvalue weighted by atomic mass is 10.1. The Labute approximate surface area is 147 Å². The van der Waals surface area contributed by atoms with Crippen LogP contribution in [0, 0.1) is 6.92 Å². The van der Waals surface area contributed by atoms with Crippen LogP contribution >= 0.6 is 11.3 Å². The second kappa shape index (κ2) is 7.71. The third kappa shape index (κ3) is 3.90. The maximum atomic E-state index is 12.9. The van der Waals surface area contributed by atoms with Crippen LogP contribution in [0.5, 0.6) is 5.75 Å². The van der Waals surface area contributed by atoms with Gasteiger partial charge in [-0.15, -0.1) is 11.3 Å². The first-order valence-electron chi connectivity index (χ1n) is 8.45. The fourth-order valence-electron chi connectivity index (χ4n) is 3.18. The van der Waals surface area contributed by atoms with E-state index in [4.69, 9.17) is 4.74 Å². The van der Waals surface area contributed by atoms with Crippen LogP contribution in [0.15, 0.2) is 36.4 Å². The monoisotopic (exact) mass is 344 g/mol. The number of methoxy groups -OCH3 is 1. The Kier molecular flexibility index (Phi) is 5.41. The number of aryl methyl sites for hydroxylation is 1. The summed E-state index contributed by atoms with van der Waals surface area (Å²) in [5, 5.41) is 3.03. The molecule has 1 aromatic heterocycles. The van der Waals surface area contributed by atoms with E-state index in [0.29, 0.717) is 0 Å². The second-order valence-electron chi connectivity index (χ2n) is 6.17. The number of likely N-dealkylation sites (tertiary alicyclic amines) is 1. The number of carbonyl (C=O) groups is 1. The van der Waals surface area contributed by atoms with E-state index in [1.807, 2.05) is 29.2 Å². The van der Waals surface area contributed by atoms with Gasteiger partial charge in [0.1, 0.15) is 5.75 Å². The summed E-state index contributed by atoms with van der Waals surface area (Å²) in [5.74, 6) is 0.745. The summed E-state index contributed by atoms with van der Waals surface area (Å²) < 4.78 is 5.23. The Morgan fingerprint density at radius 1 is 1.25 bits per heavy atom. The number of thiophene rings is 1. The van der Waals surface area contributed by atoms with Gasteiger partial charge in [-0.2, -0.15) is 0 Å². The molecule has 1 saturated heterocycles. The zero-order valence-electron chi connectivity index (χ0n) is 14.2. The predicted octanol–water partition coefficient (Wildman–Crippen LogP) is 5.21. The Bertz CT molecular complexity index is 698. The van der Waals surface area contributed by atoms with Gasteiger partial charge in [0.2, 0.25) is 0 Å². The third-order valence-electron chi connectivity index (χ3n) is 4.42. The second-order valence-corrected chi connectivity index (χ2v) is 7.49. The molecule has 3 rings (SSSR count). The molecule has 2 aromatic rings. The lowest BCUT2D eigenvalue weighted by Gasteiger charge is -2.29. The molecule has 128 valence electrons. The molecule has 0 bridgehead atoms. The molecule has 24 heavy (non-hydrogen) atoms. The molecule has 5 heteroatoms. The molecule has 1 aliphatic heterocycles. The minimum absolute atomic E-state index is 0.0267. The summed E-state index contributed by atoms with van der Waals surface area (Å²) in [6.07, 6.45) is 4.45. The number of urea groups is 1. The van der Waals surface area contributed by atoms with Gasteiger partial charge >= 0.3 is 6.03 Å². The number of anilines is 1. The summed E-state index contributed by atoms with van der Waals surface area (Å²) in [4.78, 5) is 17.5. The van der Waals surface area contributed by atoms with Crippen molar-refractivity contribution in [3.63, 3.8) is 0 Å². The van der Waals surface area contributed by atoms with Crippen LogP contribution in [0.25, 0.3) is 0 Å². The maximum Gasteiger partial charge on any atom is 0.322 e. The van der Waals surface area contributed by atoms with Crippen molar-refractivity contribution in [1.29, 1.82) is 0 Å². The van der Waals surface area contributed by atoms with Crippen LogP contribution in [0.1, 0.15) is 41.5 Å². The van der Waals surface area contributed by atoms with Gasteiger partial charge in [0, 0.05) is 28.1 Å². The van der Waals surface area contributed by atoms with Crippen molar-refractivity contribution in [2.24, 2.45) is 0 Å². The molecule has 1 aromatic carbocycles. The molecule has 0 aliphatic carbocycles. The van der Waals surface area contributed by atoms with Crippen LogP contribution in [-0.2, 0) is 0 Å². The number of nitrogens with zero attached hydrogens (tertiary/aromatic N) is 1. The zero-order chi connectivity index (χ0) is 16.9. The number of carbonyl (C=O) groups excluding carboxylic acids is 1. The number of hydrogen-bond donors (Lipinski definition) is 1. The largest absolute Gasteiger partial charge is 0.497 e. The van der Waals surface area contributed by atoms with Crippen LogP contribution in [0.4, 0.5) is 10.5 Å². The Hall–Kier alpha value is -2.01. The minimum Gasteiger partial charge on any atom is -0.497 e. The van der Waals surface area contributed by atoms with Crippen LogP contribution in [0.2, 0.25) is 0 Å². The first-order valence-corrected chi connectivity index (χ1v) is 9.27. The first kappa shape index (κ1) is 16.8. The van der Waals surface area contributed by atoms with E-state index in [1.165, 1.54) is 22.6 Å². The lowest BCUT2D eigenvalue weighted by molar-refractivity contribution is 0.190. The van der Waals surface area contributed by atoms with Crippen molar-refractivity contribution in [3.8, 4) is 5.75 Å². The van der Waals surface area contributed by atoms with Crippen molar-refractivity contribution >= 4 is 23.1 Å². The van der Waals surface area contributed by atoms with Gasteiger partial charge in [-0.05, 0) is 44.0 Å². The van der Waals surface area contributed by atoms with E-state index in [0.717, 1.165) is 30.8 Å². The number of ether oxygens (including phenoxy) is 1. The number of hydrogen-bond acceptors (Lipinski definition) is 3. The minimum atomic E-state index is -0.0267. The first-order chi connectivity index (χ1) is 11.7. The van der Waals surface area contributed by atoms with E-state index >= 15 is 0 Å². The average Bonchev–Trinajstić information content (AvgIpc) is 2.87. The molecule has 1 atom stereocenters. The third-order valence-corrected chi connectivity index (χ3v) is 5.53. The van der Waals surface area contributed by atoms with Crippen LogP contribution < -0.4 is 10.1 Å². The lowest BCUT2D eigenvalue weighted by Crippen LogP contribution is -2.37. The maximum absolute atomic E-state index is 12.9. The normalized spacial score (nSPS) is 18.1. The van der Waals surface area contributed by atoms with Crippen molar-refractivity contribution < 1.29 is 9.53 Å². The molecule has 0 saturated carbocycles. The highest BCUT2D eigenvalue weighted by Crippen LogP contribution is 2.34. The van der Waals surface area contributed by atoms with E-state index in [2.05, 4.69) is 24.4 Å². The van der Waals surface area contributed by atoms with Gasteiger partial charge in [0.15, 0.2) is 0 Å². The van der Waals surface area contributed by atoms with Crippen molar-refractivity contribution in [2.45, 2.75) is 38.6 Å². The molecule has 0 radical (unpaired) electrons. The molecule has 0 spiro atoms. The average molecular weight is 344 g/mol. The van der Waals surface area contributed by atoms with Crippen LogP contribution in [0.3, 0.4) is 0 Å². The number of nitrogens with one attached hydrogen (secondary N) is 1. The molecular formula is C19H24N2O2S. The predicted molar refractivity (Wildman–Crippen MR) is 99.0 cm³/mol. The highest BCUT2D eigenvalue weighted by molar-refractivity contribution is 7.12. The van der Waals surface area contributed by atoms with Crippen molar-refractivity contribution in [2.75, 3.05) is 19.0 Å². The van der Waals surface area contributed by atoms with E-state index < -0.39 is 0 Å². The number of rotatable bonds is 3. The zero-order valence-corrected chi connectivity index (χ0v) is 15.1. The molecule has 2 heterocycles. The van der Waals surface area contributed by atoms with Crippen molar-refractivity contribution in [1.82, 2.24) is 4.90 Å². The summed E-state index contributed by atoms with van der Waals surface area (Å²) in [5.41, 5.74) is 0.768. The molecular weight excluding hydrogens is 320 g/mol. The molecule has 0 unspecified atom stereocenters. The van der Waals surface area contributed by atoms with Gasteiger partial charge in [-0.25, -0.2) is 4.79 Å². The summed E-state index contributed by atoms with van der Waals surface area (Å²) in [7, 11) is 1.63. The Morgan fingerprint density at radius 3 is 2.88 bits per heavy atom. The highest BCUT2D eigenvalue weighted by atomic mass is 32.1. The van der Waals surface area contributed by atoms with E-state index in [1.54, 1.807) is 18.4 Å². The summed E-state index contributed by atoms with van der Waals surface area (Å²) in [6.45, 7) is 2.92. The standard InChI is InChI=1S/C19H24N2O2S/c1-14-10-11-18(24-14)17-9-4-3-5-12-21(17)19(22)20-15-7-6-8-16(13-15)23-2/h6-8,10-11,13,17H,3-5,9,12H2,1-2H3,(H,20,22)/t17-/m1/s1. The quantitative estimate of drug-likeness (QED) is 0.830. The fraction of sp³-hybridized carbons (Fsp3) is 0.421. The topological polar surface area (TPSA) is 41.6 Å². The smallest absolute Gasteiger partial charge is 0.322 e. The highest BCUT2D eigenvalue weighted by Gasteiger charge is 2.27. The molecule has 1 aliphatic rings. The molecule has 1 fully saturated rings. The van der Waals surface area contributed by atoms with Gasteiger partial charge < -0.3 is 15.0 Å². The molecule has 1 N–H and O–H groups in total. The van der Waals surface area contributed by atoms with E-state index in [9.17, 15) is 4.79 Å². The Morgan fingerprint density at radius 2 is 2.12 bits per heavy atom. The van der Waals surface area contributed by atoms with E-state index in [-0.39, 0.29) is 12.1 Å². The number of benzene rings is 1. The summed E-state index contributed by atoms with van der Waals surface area (Å²) in [6, 6.07) is 12.0. The fourth-order valence-corrected chi connectivity index (χ4v) is 4.20. The van der Waals surface area contributed by atoms with Gasteiger partial charge in [0.05, 0.1) is 13.2 Å².